The fourth-order valence-electron chi connectivity index (χ4n) is 4.66. The first kappa shape index (κ1) is 21.2. The fraction of sp³-hybridized carbons (Fsp3) is 0.364. The van der Waals surface area contributed by atoms with Gasteiger partial charge in [0.1, 0.15) is 10.3 Å². The van der Waals surface area contributed by atoms with Crippen molar-refractivity contribution in [3.05, 3.63) is 52.5 Å². The van der Waals surface area contributed by atoms with E-state index < -0.39 is 22.0 Å². The van der Waals surface area contributed by atoms with Crippen LogP contribution < -0.4 is 0 Å². The van der Waals surface area contributed by atoms with Gasteiger partial charge in [0.2, 0.25) is 5.91 Å². The molecule has 8 nitrogen and oxygen atoms in total. The van der Waals surface area contributed by atoms with Crippen LogP contribution in [0.5, 0.6) is 0 Å². The Morgan fingerprint density at radius 2 is 2.06 bits per heavy atom. The summed E-state index contributed by atoms with van der Waals surface area (Å²) >= 11 is 1.17. The number of methoxy groups -OCH3 is 1. The molecule has 168 valence electrons. The van der Waals surface area contributed by atoms with Crippen molar-refractivity contribution in [1.29, 1.82) is 0 Å². The van der Waals surface area contributed by atoms with Crippen molar-refractivity contribution in [2.24, 2.45) is 0 Å². The van der Waals surface area contributed by atoms with E-state index in [2.05, 4.69) is 4.98 Å². The molecule has 1 saturated heterocycles. The highest BCUT2D eigenvalue weighted by Crippen LogP contribution is 2.33. The summed E-state index contributed by atoms with van der Waals surface area (Å²) in [7, 11) is -2.34. The van der Waals surface area contributed by atoms with Crippen molar-refractivity contribution in [2.75, 3.05) is 20.2 Å². The molecule has 32 heavy (non-hydrogen) atoms. The van der Waals surface area contributed by atoms with Gasteiger partial charge in [0.05, 0.1) is 12.7 Å². The minimum atomic E-state index is -3.68. The van der Waals surface area contributed by atoms with Gasteiger partial charge in [0, 0.05) is 48.2 Å². The number of H-pyrrole nitrogens is 1. The number of aromatic amines is 1. The van der Waals surface area contributed by atoms with E-state index >= 15 is 0 Å². The monoisotopic (exact) mass is 473 g/mol. The van der Waals surface area contributed by atoms with E-state index in [1.807, 2.05) is 6.07 Å². The van der Waals surface area contributed by atoms with Crippen LogP contribution in [0.1, 0.15) is 34.5 Å². The Balaban J connectivity index is 1.42. The van der Waals surface area contributed by atoms with Crippen molar-refractivity contribution in [1.82, 2.24) is 14.2 Å². The number of aromatic nitrogens is 1. The minimum Gasteiger partial charge on any atom is -0.465 e. The lowest BCUT2D eigenvalue weighted by atomic mass is 10.0. The first-order chi connectivity index (χ1) is 15.4. The van der Waals surface area contributed by atoms with E-state index in [1.54, 1.807) is 34.5 Å². The predicted octanol–water partition coefficient (Wildman–Crippen LogP) is 2.75. The molecule has 1 N–H and O–H groups in total. The third-order valence-corrected chi connectivity index (χ3v) is 9.54. The quantitative estimate of drug-likeness (QED) is 0.588. The van der Waals surface area contributed by atoms with Crippen molar-refractivity contribution >= 4 is 44.1 Å². The average molecular weight is 474 g/mol. The molecule has 0 radical (unpaired) electrons. The second-order valence-corrected chi connectivity index (χ2v) is 11.1. The number of rotatable bonds is 4. The number of benzene rings is 1. The first-order valence-electron chi connectivity index (χ1n) is 10.5. The Labute approximate surface area is 189 Å². The van der Waals surface area contributed by atoms with Crippen LogP contribution in [0.3, 0.4) is 0 Å². The number of amides is 1. The molecule has 0 spiro atoms. The van der Waals surface area contributed by atoms with Gasteiger partial charge in [-0.3, -0.25) is 4.79 Å². The third kappa shape index (κ3) is 3.42. The third-order valence-electron chi connectivity index (χ3n) is 6.25. The zero-order chi connectivity index (χ0) is 22.5. The molecule has 1 unspecified atom stereocenters. The number of hydrogen-bond donors (Lipinski definition) is 1. The van der Waals surface area contributed by atoms with Gasteiger partial charge in [0.25, 0.3) is 10.0 Å². The fourth-order valence-corrected chi connectivity index (χ4v) is 7.43. The van der Waals surface area contributed by atoms with Crippen LogP contribution in [-0.2, 0) is 32.5 Å². The molecule has 1 fully saturated rings. The SMILES string of the molecule is COC(=O)c1ccc2[nH]c3c(c2c1)CN(C(=O)C1CCCN1S(=O)(=O)c1cccs1)CC3. The van der Waals surface area contributed by atoms with E-state index in [1.165, 1.54) is 22.8 Å². The van der Waals surface area contributed by atoms with Gasteiger partial charge >= 0.3 is 5.97 Å². The molecule has 0 bridgehead atoms. The number of esters is 1. The van der Waals surface area contributed by atoms with Gasteiger partial charge in [0.15, 0.2) is 0 Å². The molecular weight excluding hydrogens is 450 g/mol. The molecule has 0 saturated carbocycles. The predicted molar refractivity (Wildman–Crippen MR) is 120 cm³/mol. The summed E-state index contributed by atoms with van der Waals surface area (Å²) in [4.78, 5) is 30.5. The lowest BCUT2D eigenvalue weighted by Crippen LogP contribution is -2.48. The summed E-state index contributed by atoms with van der Waals surface area (Å²) in [6, 6.07) is 7.95. The summed E-state index contributed by atoms with van der Waals surface area (Å²) in [6.45, 7) is 1.25. The highest BCUT2D eigenvalue weighted by atomic mass is 32.2. The van der Waals surface area contributed by atoms with Crippen LogP contribution in [0.4, 0.5) is 0 Å². The number of sulfonamides is 1. The smallest absolute Gasteiger partial charge is 0.337 e. The molecular formula is C22H23N3O5S2. The maximum absolute atomic E-state index is 13.5. The number of ether oxygens (including phenoxy) is 1. The molecule has 1 atom stereocenters. The lowest BCUT2D eigenvalue weighted by Gasteiger charge is -2.32. The van der Waals surface area contributed by atoms with Gasteiger partial charge in [-0.15, -0.1) is 11.3 Å². The van der Waals surface area contributed by atoms with Crippen molar-refractivity contribution < 1.29 is 22.7 Å². The number of carbonyl (C=O) groups excluding carboxylic acids is 2. The normalized spacial score (nSPS) is 19.3. The van der Waals surface area contributed by atoms with Crippen LogP contribution >= 0.6 is 11.3 Å². The number of nitrogens with zero attached hydrogens (tertiary/aromatic N) is 2. The van der Waals surface area contributed by atoms with Gasteiger partial charge < -0.3 is 14.6 Å². The summed E-state index contributed by atoms with van der Waals surface area (Å²) in [5, 5.41) is 2.61. The van der Waals surface area contributed by atoms with E-state index in [0.717, 1.165) is 22.2 Å². The maximum atomic E-state index is 13.5. The van der Waals surface area contributed by atoms with E-state index in [-0.39, 0.29) is 10.1 Å². The largest absolute Gasteiger partial charge is 0.465 e. The molecule has 4 heterocycles. The van der Waals surface area contributed by atoms with Gasteiger partial charge in [-0.2, -0.15) is 4.31 Å². The summed E-state index contributed by atoms with van der Waals surface area (Å²) < 4.78 is 32.6. The summed E-state index contributed by atoms with van der Waals surface area (Å²) in [5.41, 5.74) is 3.37. The highest BCUT2D eigenvalue weighted by molar-refractivity contribution is 7.91. The van der Waals surface area contributed by atoms with Crippen molar-refractivity contribution in [3.8, 4) is 0 Å². The number of nitrogens with one attached hydrogen (secondary N) is 1. The number of carbonyl (C=O) groups is 2. The van der Waals surface area contributed by atoms with Crippen LogP contribution in [0.25, 0.3) is 10.9 Å². The summed E-state index contributed by atoms with van der Waals surface area (Å²) in [5.74, 6) is -0.572. The zero-order valence-corrected chi connectivity index (χ0v) is 19.2. The molecule has 10 heteroatoms. The Kier molecular flexibility index (Phi) is 5.31. The molecule has 0 aliphatic carbocycles. The van der Waals surface area contributed by atoms with Gasteiger partial charge in [-0.25, -0.2) is 13.2 Å². The Morgan fingerprint density at radius 3 is 2.81 bits per heavy atom. The average Bonchev–Trinajstić information content (AvgIpc) is 3.57. The molecule has 1 aromatic carbocycles. The molecule has 5 rings (SSSR count). The Morgan fingerprint density at radius 1 is 1.22 bits per heavy atom. The Bertz CT molecular complexity index is 1300. The van der Waals surface area contributed by atoms with E-state index in [9.17, 15) is 18.0 Å². The highest BCUT2D eigenvalue weighted by Gasteiger charge is 2.42. The topological polar surface area (TPSA) is 99.8 Å². The summed E-state index contributed by atoms with van der Waals surface area (Å²) in [6.07, 6.45) is 1.83. The minimum absolute atomic E-state index is 0.160. The second kappa shape index (κ2) is 8.02. The van der Waals surface area contributed by atoms with Crippen LogP contribution in [0, 0.1) is 0 Å². The maximum Gasteiger partial charge on any atom is 0.337 e. The zero-order valence-electron chi connectivity index (χ0n) is 17.5. The lowest BCUT2D eigenvalue weighted by molar-refractivity contribution is -0.135. The van der Waals surface area contributed by atoms with Crippen molar-refractivity contribution in [3.63, 3.8) is 0 Å². The van der Waals surface area contributed by atoms with Crippen molar-refractivity contribution in [2.45, 2.75) is 36.1 Å². The van der Waals surface area contributed by atoms with Gasteiger partial charge in [-0.1, -0.05) is 6.07 Å². The standard InChI is InChI=1S/C22H23N3O5S2/c1-30-22(27)14-6-7-17-15(12-14)16-13-24(10-8-18(16)23-17)21(26)19-4-2-9-25(19)32(28,29)20-5-3-11-31-20/h3,5-7,11-12,19,23H,2,4,8-10,13H2,1H3. The molecule has 2 aromatic heterocycles. The Hall–Kier alpha value is -2.69. The molecule has 3 aromatic rings. The molecule has 1 amide bonds. The van der Waals surface area contributed by atoms with E-state index in [4.69, 9.17) is 4.74 Å². The van der Waals surface area contributed by atoms with E-state index in [0.29, 0.717) is 44.5 Å². The van der Waals surface area contributed by atoms with Crippen LogP contribution in [0.15, 0.2) is 39.9 Å². The van der Waals surface area contributed by atoms with Crippen LogP contribution in [0.2, 0.25) is 0 Å². The van der Waals surface area contributed by atoms with Crippen LogP contribution in [-0.4, -0.2) is 60.7 Å². The number of fused-ring (bicyclic) bond motifs is 3. The molecule has 2 aliphatic heterocycles. The van der Waals surface area contributed by atoms with Gasteiger partial charge in [-0.05, 0) is 42.5 Å². The first-order valence-corrected chi connectivity index (χ1v) is 12.8. The second-order valence-electron chi connectivity index (χ2n) is 8.05. The number of hydrogen-bond acceptors (Lipinski definition) is 6. The number of thiophene rings is 1. The molecule has 2 aliphatic rings.